The van der Waals surface area contributed by atoms with E-state index in [4.69, 9.17) is 22.6 Å². The maximum atomic E-state index is 8.76. The second-order valence-corrected chi connectivity index (χ2v) is 5.04. The smallest absolute Gasteiger partial charge is 0.0992 e. The molecule has 0 aliphatic carbocycles. The van der Waals surface area contributed by atoms with Crippen LogP contribution in [0, 0.1) is 11.3 Å². The molecule has 0 amide bonds. The fourth-order valence-electron chi connectivity index (χ4n) is 1.41. The number of hydrogen-bond donors (Lipinski definition) is 1. The average molecular weight is 276 g/mol. The van der Waals surface area contributed by atoms with Gasteiger partial charge in [0.05, 0.1) is 23.5 Å². The third-order valence-corrected chi connectivity index (χ3v) is 3.87. The number of benzene rings is 1. The second kappa shape index (κ2) is 5.76. The maximum absolute atomic E-state index is 8.76. The minimum absolute atomic E-state index is 0.567. The number of nitrogen functional groups attached to an aromatic ring is 1. The van der Waals surface area contributed by atoms with Gasteiger partial charge in [-0.15, -0.1) is 11.8 Å². The number of nitriles is 1. The second-order valence-electron chi connectivity index (χ2n) is 3.62. The first-order chi connectivity index (χ1) is 8.70. The Bertz CT molecular complexity index is 607. The topological polar surface area (TPSA) is 62.7 Å². The van der Waals surface area contributed by atoms with Crippen molar-refractivity contribution in [1.29, 1.82) is 5.26 Å². The van der Waals surface area contributed by atoms with E-state index in [0.717, 1.165) is 10.5 Å². The molecule has 90 valence electrons. The van der Waals surface area contributed by atoms with Crippen molar-refractivity contribution < 1.29 is 0 Å². The Kier molecular flexibility index (Phi) is 4.08. The summed E-state index contributed by atoms with van der Waals surface area (Å²) < 4.78 is 0. The quantitative estimate of drug-likeness (QED) is 0.871. The third-order valence-electron chi connectivity index (χ3n) is 2.38. The van der Waals surface area contributed by atoms with Crippen LogP contribution in [0.1, 0.15) is 11.1 Å². The Hall–Kier alpha value is -1.70. The minimum atomic E-state index is 0.567. The van der Waals surface area contributed by atoms with Crippen molar-refractivity contribution in [2.45, 2.75) is 10.6 Å². The van der Waals surface area contributed by atoms with Gasteiger partial charge in [0, 0.05) is 21.9 Å². The van der Waals surface area contributed by atoms with Crippen LogP contribution < -0.4 is 5.73 Å². The van der Waals surface area contributed by atoms with Crippen LogP contribution in [-0.2, 0) is 5.75 Å². The highest BCUT2D eigenvalue weighted by atomic mass is 35.5. The molecule has 0 radical (unpaired) electrons. The molecule has 5 heteroatoms. The summed E-state index contributed by atoms with van der Waals surface area (Å²) >= 11 is 7.70. The molecule has 1 heterocycles. The summed E-state index contributed by atoms with van der Waals surface area (Å²) in [5.41, 5.74) is 8.02. The summed E-state index contributed by atoms with van der Waals surface area (Å²) in [6.45, 7) is 0. The van der Waals surface area contributed by atoms with Gasteiger partial charge in [0.25, 0.3) is 0 Å². The third kappa shape index (κ3) is 2.95. The lowest BCUT2D eigenvalue weighted by Crippen LogP contribution is -1.90. The van der Waals surface area contributed by atoms with Crippen molar-refractivity contribution >= 4 is 29.1 Å². The molecule has 2 N–H and O–H groups in total. The predicted molar refractivity (Wildman–Crippen MR) is 74.4 cm³/mol. The Morgan fingerprint density at radius 2 is 2.22 bits per heavy atom. The van der Waals surface area contributed by atoms with Gasteiger partial charge >= 0.3 is 0 Å². The van der Waals surface area contributed by atoms with E-state index in [9.17, 15) is 0 Å². The van der Waals surface area contributed by atoms with E-state index < -0.39 is 0 Å². The van der Waals surface area contributed by atoms with E-state index in [-0.39, 0.29) is 0 Å². The fourth-order valence-corrected chi connectivity index (χ4v) is 2.68. The summed E-state index contributed by atoms with van der Waals surface area (Å²) in [7, 11) is 0. The molecular weight excluding hydrogens is 266 g/mol. The number of halogens is 1. The minimum Gasteiger partial charge on any atom is -0.397 e. The highest BCUT2D eigenvalue weighted by Gasteiger charge is 2.04. The molecule has 0 bridgehead atoms. The van der Waals surface area contributed by atoms with Gasteiger partial charge in [0.15, 0.2) is 0 Å². The first-order valence-corrected chi connectivity index (χ1v) is 6.58. The van der Waals surface area contributed by atoms with Crippen LogP contribution in [0.3, 0.4) is 0 Å². The molecule has 0 saturated heterocycles. The number of nitrogens with two attached hydrogens (primary N) is 1. The van der Waals surface area contributed by atoms with Gasteiger partial charge in [-0.2, -0.15) is 5.26 Å². The van der Waals surface area contributed by atoms with Crippen molar-refractivity contribution in [2.24, 2.45) is 0 Å². The van der Waals surface area contributed by atoms with E-state index in [1.807, 2.05) is 12.1 Å². The summed E-state index contributed by atoms with van der Waals surface area (Å²) in [4.78, 5) is 4.92. The van der Waals surface area contributed by atoms with Gasteiger partial charge in [-0.25, -0.2) is 0 Å². The SMILES string of the molecule is N#Cc1ccc(CSc2ccncc2N)c(Cl)c1. The van der Waals surface area contributed by atoms with Gasteiger partial charge in [-0.3, -0.25) is 4.98 Å². The van der Waals surface area contributed by atoms with Crippen molar-refractivity contribution in [2.75, 3.05) is 5.73 Å². The molecule has 0 aliphatic rings. The first-order valence-electron chi connectivity index (χ1n) is 5.21. The summed E-state index contributed by atoms with van der Waals surface area (Å²) in [6.07, 6.45) is 3.34. The Morgan fingerprint density at radius 3 is 2.89 bits per heavy atom. The number of pyridine rings is 1. The van der Waals surface area contributed by atoms with Crippen molar-refractivity contribution in [3.63, 3.8) is 0 Å². The van der Waals surface area contributed by atoms with Gasteiger partial charge in [-0.05, 0) is 23.8 Å². The maximum Gasteiger partial charge on any atom is 0.0992 e. The van der Waals surface area contributed by atoms with E-state index in [0.29, 0.717) is 22.0 Å². The standard InChI is InChI=1S/C13H10ClN3S/c14-11-5-9(6-15)1-2-10(11)8-18-13-3-4-17-7-12(13)16/h1-5,7H,8,16H2. The van der Waals surface area contributed by atoms with E-state index in [1.54, 1.807) is 36.3 Å². The first kappa shape index (κ1) is 12.7. The lowest BCUT2D eigenvalue weighted by molar-refractivity contribution is 1.26. The Balaban J connectivity index is 2.12. The van der Waals surface area contributed by atoms with Crippen LogP contribution in [0.25, 0.3) is 0 Å². The molecule has 0 spiro atoms. The average Bonchev–Trinajstić information content (AvgIpc) is 2.39. The number of aromatic nitrogens is 1. The molecule has 0 atom stereocenters. The summed E-state index contributed by atoms with van der Waals surface area (Å²) in [5, 5.41) is 9.37. The van der Waals surface area contributed by atoms with Gasteiger partial charge < -0.3 is 5.73 Å². The van der Waals surface area contributed by atoms with Crippen molar-refractivity contribution in [3.8, 4) is 6.07 Å². The van der Waals surface area contributed by atoms with Crippen LogP contribution in [0.15, 0.2) is 41.6 Å². The highest BCUT2D eigenvalue weighted by molar-refractivity contribution is 7.98. The lowest BCUT2D eigenvalue weighted by atomic mass is 10.2. The Labute approximate surface area is 115 Å². The zero-order valence-corrected chi connectivity index (χ0v) is 11.0. The number of rotatable bonds is 3. The monoisotopic (exact) mass is 275 g/mol. The summed E-state index contributed by atoms with van der Waals surface area (Å²) in [6, 6.07) is 9.23. The molecule has 0 saturated carbocycles. The molecule has 0 unspecified atom stereocenters. The number of nitrogens with zero attached hydrogens (tertiary/aromatic N) is 2. The van der Waals surface area contributed by atoms with Gasteiger partial charge in [-0.1, -0.05) is 17.7 Å². The van der Waals surface area contributed by atoms with Crippen LogP contribution >= 0.6 is 23.4 Å². The van der Waals surface area contributed by atoms with Crippen LogP contribution in [-0.4, -0.2) is 4.98 Å². The van der Waals surface area contributed by atoms with Gasteiger partial charge in [0.2, 0.25) is 0 Å². The molecule has 2 rings (SSSR count). The zero-order valence-electron chi connectivity index (χ0n) is 9.43. The molecule has 0 aliphatic heterocycles. The summed E-state index contributed by atoms with van der Waals surface area (Å²) in [5.74, 6) is 0.707. The predicted octanol–water partition coefficient (Wildman–Crippen LogP) is 3.48. The fraction of sp³-hybridized carbons (Fsp3) is 0.0769. The van der Waals surface area contributed by atoms with Gasteiger partial charge in [0.1, 0.15) is 0 Å². The number of thioether (sulfide) groups is 1. The highest BCUT2D eigenvalue weighted by Crippen LogP contribution is 2.30. The normalized spacial score (nSPS) is 10.0. The molecule has 18 heavy (non-hydrogen) atoms. The number of hydrogen-bond acceptors (Lipinski definition) is 4. The van der Waals surface area contributed by atoms with Crippen LogP contribution in [0.2, 0.25) is 5.02 Å². The number of anilines is 1. The zero-order chi connectivity index (χ0) is 13.0. The van der Waals surface area contributed by atoms with Crippen molar-refractivity contribution in [1.82, 2.24) is 4.98 Å². The molecule has 3 nitrogen and oxygen atoms in total. The molecule has 0 fully saturated rings. The van der Waals surface area contributed by atoms with E-state index in [2.05, 4.69) is 11.1 Å². The molecular formula is C13H10ClN3S. The van der Waals surface area contributed by atoms with E-state index in [1.165, 1.54) is 0 Å². The lowest BCUT2D eigenvalue weighted by Gasteiger charge is -2.06. The molecule has 2 aromatic rings. The van der Waals surface area contributed by atoms with Crippen molar-refractivity contribution in [3.05, 3.63) is 52.8 Å². The Morgan fingerprint density at radius 1 is 1.39 bits per heavy atom. The molecule has 1 aromatic heterocycles. The van der Waals surface area contributed by atoms with Crippen LogP contribution in [0.4, 0.5) is 5.69 Å². The molecule has 1 aromatic carbocycles. The van der Waals surface area contributed by atoms with E-state index >= 15 is 0 Å². The van der Waals surface area contributed by atoms with Crippen LogP contribution in [0.5, 0.6) is 0 Å². The largest absolute Gasteiger partial charge is 0.397 e.